The summed E-state index contributed by atoms with van der Waals surface area (Å²) >= 11 is 8.10. The minimum Gasteiger partial charge on any atom is -0.295 e. The van der Waals surface area contributed by atoms with Gasteiger partial charge in [0.25, 0.3) is 0 Å². The molecule has 0 saturated carbocycles. The zero-order valence-electron chi connectivity index (χ0n) is 10.1. The Kier molecular flexibility index (Phi) is 3.64. The Hall–Kier alpha value is -1.21. The minimum absolute atomic E-state index is 0.185. The van der Waals surface area contributed by atoms with E-state index >= 15 is 0 Å². The second-order valence-electron chi connectivity index (χ2n) is 4.23. The fourth-order valence-electron chi connectivity index (χ4n) is 2.11. The number of halogens is 4. The number of alkyl halides is 1. The smallest absolute Gasteiger partial charge is 0.160 e. The van der Waals surface area contributed by atoms with Crippen LogP contribution in [0.4, 0.5) is 8.78 Å². The molecule has 0 aliphatic heterocycles. The molecular formula is C14H8ClF2IN2. The molecule has 0 spiro atoms. The van der Waals surface area contributed by atoms with Crippen LogP contribution < -0.4 is 0 Å². The molecule has 3 rings (SSSR count). The number of hydrogen-bond acceptors (Lipinski definition) is 1. The Labute approximate surface area is 132 Å². The average molecular weight is 405 g/mol. The number of hydrogen-bond donors (Lipinski definition) is 0. The van der Waals surface area contributed by atoms with Gasteiger partial charge >= 0.3 is 0 Å². The van der Waals surface area contributed by atoms with E-state index in [-0.39, 0.29) is 5.88 Å². The van der Waals surface area contributed by atoms with Crippen LogP contribution in [0.15, 0.2) is 36.4 Å². The van der Waals surface area contributed by atoms with Gasteiger partial charge in [-0.25, -0.2) is 13.8 Å². The topological polar surface area (TPSA) is 17.8 Å². The lowest BCUT2D eigenvalue weighted by Gasteiger charge is -2.08. The lowest BCUT2D eigenvalue weighted by atomic mass is 10.2. The highest BCUT2D eigenvalue weighted by Gasteiger charge is 2.13. The average Bonchev–Trinajstić information content (AvgIpc) is 2.79. The Bertz CT molecular complexity index is 801. The maximum atomic E-state index is 13.4. The van der Waals surface area contributed by atoms with Gasteiger partial charge < -0.3 is 0 Å². The van der Waals surface area contributed by atoms with E-state index in [1.807, 2.05) is 18.2 Å². The molecule has 0 N–H and O–H groups in total. The highest BCUT2D eigenvalue weighted by molar-refractivity contribution is 14.1. The van der Waals surface area contributed by atoms with Crippen molar-refractivity contribution in [1.29, 1.82) is 0 Å². The molecule has 0 unspecified atom stereocenters. The number of rotatable bonds is 2. The molecule has 0 saturated heterocycles. The van der Waals surface area contributed by atoms with Crippen molar-refractivity contribution in [3.8, 4) is 5.69 Å². The van der Waals surface area contributed by atoms with Crippen LogP contribution in [-0.4, -0.2) is 9.55 Å². The summed E-state index contributed by atoms with van der Waals surface area (Å²) in [5.74, 6) is -0.991. The summed E-state index contributed by atoms with van der Waals surface area (Å²) in [6.07, 6.45) is 0. The third-order valence-corrected chi connectivity index (χ3v) is 3.88. The second-order valence-corrected chi connectivity index (χ2v) is 5.74. The lowest BCUT2D eigenvalue weighted by molar-refractivity contribution is 0.508. The van der Waals surface area contributed by atoms with Crippen molar-refractivity contribution in [3.05, 3.63) is 57.4 Å². The van der Waals surface area contributed by atoms with Gasteiger partial charge in [-0.05, 0) is 52.9 Å². The monoisotopic (exact) mass is 404 g/mol. The lowest BCUT2D eigenvalue weighted by Crippen LogP contribution is -2.00. The largest absolute Gasteiger partial charge is 0.295 e. The summed E-state index contributed by atoms with van der Waals surface area (Å²) in [5, 5.41) is 0. The fourth-order valence-corrected chi connectivity index (χ4v) is 2.76. The third kappa shape index (κ3) is 2.29. The van der Waals surface area contributed by atoms with Crippen molar-refractivity contribution < 1.29 is 8.78 Å². The van der Waals surface area contributed by atoms with Gasteiger partial charge in [0.1, 0.15) is 5.82 Å². The van der Waals surface area contributed by atoms with Crippen molar-refractivity contribution in [2.45, 2.75) is 5.88 Å². The Morgan fingerprint density at radius 2 is 1.90 bits per heavy atom. The van der Waals surface area contributed by atoms with Crippen LogP contribution in [0.25, 0.3) is 16.7 Å². The normalized spacial score (nSPS) is 11.2. The van der Waals surface area contributed by atoms with Crippen molar-refractivity contribution >= 4 is 45.2 Å². The summed E-state index contributed by atoms with van der Waals surface area (Å²) in [4.78, 5) is 4.43. The summed E-state index contributed by atoms with van der Waals surface area (Å²) in [7, 11) is 0. The van der Waals surface area contributed by atoms with Crippen LogP contribution in [0.1, 0.15) is 5.82 Å². The van der Waals surface area contributed by atoms with Gasteiger partial charge in [-0.3, -0.25) is 4.57 Å². The molecule has 3 aromatic rings. The zero-order chi connectivity index (χ0) is 14.3. The van der Waals surface area contributed by atoms with Crippen molar-refractivity contribution in [3.63, 3.8) is 0 Å². The number of nitrogens with zero attached hydrogens (tertiary/aromatic N) is 2. The van der Waals surface area contributed by atoms with Crippen molar-refractivity contribution in [1.82, 2.24) is 9.55 Å². The first-order valence-corrected chi connectivity index (χ1v) is 7.40. The Morgan fingerprint density at radius 3 is 2.60 bits per heavy atom. The molecule has 2 nitrogen and oxygen atoms in total. The van der Waals surface area contributed by atoms with E-state index in [4.69, 9.17) is 11.6 Å². The maximum Gasteiger partial charge on any atom is 0.160 e. The van der Waals surface area contributed by atoms with Crippen LogP contribution in [0.5, 0.6) is 0 Å². The van der Waals surface area contributed by atoms with Crippen LogP contribution in [0.2, 0.25) is 0 Å². The Balaban J connectivity index is 2.30. The number of fused-ring (bicyclic) bond motifs is 1. The van der Waals surface area contributed by atoms with Crippen LogP contribution in [0, 0.1) is 15.2 Å². The Morgan fingerprint density at radius 1 is 1.10 bits per heavy atom. The molecule has 102 valence electrons. The third-order valence-electron chi connectivity index (χ3n) is 2.97. The maximum absolute atomic E-state index is 13.4. The van der Waals surface area contributed by atoms with Crippen LogP contribution >= 0.6 is 34.2 Å². The van der Waals surface area contributed by atoms with E-state index in [9.17, 15) is 8.78 Å². The van der Waals surface area contributed by atoms with E-state index in [1.54, 1.807) is 4.57 Å². The number of benzene rings is 2. The second kappa shape index (κ2) is 5.29. The first kappa shape index (κ1) is 13.8. The molecule has 1 aromatic heterocycles. The van der Waals surface area contributed by atoms with E-state index in [2.05, 4.69) is 27.6 Å². The van der Waals surface area contributed by atoms with Gasteiger partial charge in [0.15, 0.2) is 11.6 Å². The zero-order valence-corrected chi connectivity index (χ0v) is 13.0. The summed E-state index contributed by atoms with van der Waals surface area (Å²) < 4.78 is 29.3. The molecule has 0 amide bonds. The van der Waals surface area contributed by atoms with Crippen molar-refractivity contribution in [2.75, 3.05) is 0 Å². The number of imidazole rings is 1. The van der Waals surface area contributed by atoms with Gasteiger partial charge in [0.2, 0.25) is 0 Å². The predicted octanol–water partition coefficient (Wildman–Crippen LogP) is 4.65. The molecule has 0 bridgehead atoms. The van der Waals surface area contributed by atoms with Crippen LogP contribution in [-0.2, 0) is 5.88 Å². The molecule has 20 heavy (non-hydrogen) atoms. The molecule has 0 fully saturated rings. The van der Waals surface area contributed by atoms with E-state index in [1.165, 1.54) is 6.07 Å². The van der Waals surface area contributed by atoms with Crippen molar-refractivity contribution in [2.24, 2.45) is 0 Å². The summed E-state index contributed by atoms with van der Waals surface area (Å²) in [6.45, 7) is 0. The van der Waals surface area contributed by atoms with E-state index in [0.717, 1.165) is 26.7 Å². The first-order valence-electron chi connectivity index (χ1n) is 5.78. The van der Waals surface area contributed by atoms with Gasteiger partial charge in [-0.2, -0.15) is 0 Å². The van der Waals surface area contributed by atoms with Gasteiger partial charge in [0.05, 0.1) is 22.6 Å². The summed E-state index contributed by atoms with van der Waals surface area (Å²) in [6, 6.07) is 9.49. The molecule has 0 atom stereocenters. The minimum atomic E-state index is -0.893. The highest BCUT2D eigenvalue weighted by Crippen LogP contribution is 2.25. The van der Waals surface area contributed by atoms with Crippen LogP contribution in [0.3, 0.4) is 0 Å². The van der Waals surface area contributed by atoms with E-state index in [0.29, 0.717) is 11.5 Å². The first-order chi connectivity index (χ1) is 9.60. The molecule has 1 heterocycles. The molecule has 0 aliphatic carbocycles. The van der Waals surface area contributed by atoms with Gasteiger partial charge in [0, 0.05) is 9.64 Å². The fraction of sp³-hybridized carbons (Fsp3) is 0.0714. The standard InChI is InChI=1S/C14H8ClF2IN2/c15-7-14-19-12-5-8(18)1-4-13(12)20(14)9-2-3-10(16)11(17)6-9/h1-6H,7H2. The molecule has 2 aromatic carbocycles. The summed E-state index contributed by atoms with van der Waals surface area (Å²) in [5.41, 5.74) is 2.09. The molecular weight excluding hydrogens is 397 g/mol. The van der Waals surface area contributed by atoms with Gasteiger partial charge in [-0.1, -0.05) is 0 Å². The SMILES string of the molecule is Fc1ccc(-n2c(CCl)nc3cc(I)ccc32)cc1F. The predicted molar refractivity (Wildman–Crippen MR) is 83.3 cm³/mol. The molecule has 0 aliphatic rings. The number of aromatic nitrogens is 2. The highest BCUT2D eigenvalue weighted by atomic mass is 127. The quantitative estimate of drug-likeness (QED) is 0.449. The van der Waals surface area contributed by atoms with Gasteiger partial charge in [-0.15, -0.1) is 11.6 Å². The van der Waals surface area contributed by atoms with E-state index < -0.39 is 11.6 Å². The molecule has 0 radical (unpaired) electrons. The molecule has 6 heteroatoms.